The molecule has 0 aromatic carbocycles. The molecule has 0 bridgehead atoms. The van der Waals surface area contributed by atoms with Gasteiger partial charge in [0.1, 0.15) is 5.03 Å². The SMILES string of the molecule is CCCNc1ncc(Cl)c(SCC(=O)OC)n1. The summed E-state index contributed by atoms with van der Waals surface area (Å²) < 4.78 is 4.55. The van der Waals surface area contributed by atoms with Crippen molar-refractivity contribution in [3.63, 3.8) is 0 Å². The van der Waals surface area contributed by atoms with Gasteiger partial charge < -0.3 is 10.1 Å². The number of aromatic nitrogens is 2. The normalized spacial score (nSPS) is 10.1. The van der Waals surface area contributed by atoms with Crippen molar-refractivity contribution >= 4 is 35.3 Å². The number of nitrogens with one attached hydrogen (secondary N) is 1. The summed E-state index contributed by atoms with van der Waals surface area (Å²) in [6.45, 7) is 2.85. The Labute approximate surface area is 109 Å². The Balaban J connectivity index is 2.65. The molecule has 0 spiro atoms. The summed E-state index contributed by atoms with van der Waals surface area (Å²) in [4.78, 5) is 19.3. The Morgan fingerprint density at radius 3 is 3.06 bits per heavy atom. The Hall–Kier alpha value is -1.01. The fourth-order valence-electron chi connectivity index (χ4n) is 0.961. The van der Waals surface area contributed by atoms with Crippen molar-refractivity contribution in [3.8, 4) is 0 Å². The van der Waals surface area contributed by atoms with Gasteiger partial charge in [0.05, 0.1) is 24.1 Å². The van der Waals surface area contributed by atoms with Crippen LogP contribution in [0.5, 0.6) is 0 Å². The van der Waals surface area contributed by atoms with Crippen molar-refractivity contribution in [2.75, 3.05) is 24.7 Å². The molecule has 7 heteroatoms. The lowest BCUT2D eigenvalue weighted by atomic mass is 10.5. The molecular weight excluding hydrogens is 262 g/mol. The summed E-state index contributed by atoms with van der Waals surface area (Å²) >= 11 is 7.16. The fraction of sp³-hybridized carbons (Fsp3) is 0.500. The van der Waals surface area contributed by atoms with Gasteiger partial charge in [-0.25, -0.2) is 9.97 Å². The minimum absolute atomic E-state index is 0.181. The smallest absolute Gasteiger partial charge is 0.316 e. The van der Waals surface area contributed by atoms with E-state index >= 15 is 0 Å². The Morgan fingerprint density at radius 1 is 1.65 bits per heavy atom. The lowest BCUT2D eigenvalue weighted by molar-refractivity contribution is -0.137. The van der Waals surface area contributed by atoms with Crippen molar-refractivity contribution in [2.45, 2.75) is 18.4 Å². The molecule has 17 heavy (non-hydrogen) atoms. The number of hydrogen-bond acceptors (Lipinski definition) is 6. The highest BCUT2D eigenvalue weighted by atomic mass is 35.5. The quantitative estimate of drug-likeness (QED) is 0.488. The van der Waals surface area contributed by atoms with E-state index in [1.54, 1.807) is 0 Å². The van der Waals surface area contributed by atoms with Crippen molar-refractivity contribution in [3.05, 3.63) is 11.2 Å². The molecule has 0 amide bonds. The summed E-state index contributed by atoms with van der Waals surface area (Å²) in [6.07, 6.45) is 2.50. The first kappa shape index (κ1) is 14.1. The fourth-order valence-corrected chi connectivity index (χ4v) is 1.93. The molecule has 0 saturated heterocycles. The Morgan fingerprint density at radius 2 is 2.41 bits per heavy atom. The van der Waals surface area contributed by atoms with Gasteiger partial charge in [-0.05, 0) is 6.42 Å². The van der Waals surface area contributed by atoms with Crippen LogP contribution in [-0.2, 0) is 9.53 Å². The molecule has 0 unspecified atom stereocenters. The van der Waals surface area contributed by atoms with E-state index in [1.807, 2.05) is 0 Å². The van der Waals surface area contributed by atoms with Gasteiger partial charge in [0.15, 0.2) is 0 Å². The van der Waals surface area contributed by atoms with Crippen LogP contribution in [-0.4, -0.2) is 35.3 Å². The van der Waals surface area contributed by atoms with E-state index in [1.165, 1.54) is 25.1 Å². The lowest BCUT2D eigenvalue weighted by Crippen LogP contribution is -2.06. The highest BCUT2D eigenvalue weighted by Gasteiger charge is 2.09. The molecule has 1 aromatic heterocycles. The van der Waals surface area contributed by atoms with Crippen LogP contribution < -0.4 is 5.32 Å². The third-order valence-electron chi connectivity index (χ3n) is 1.80. The minimum Gasteiger partial charge on any atom is -0.468 e. The van der Waals surface area contributed by atoms with Crippen LogP contribution >= 0.6 is 23.4 Å². The van der Waals surface area contributed by atoms with Crippen LogP contribution in [0.4, 0.5) is 5.95 Å². The molecule has 0 fully saturated rings. The second-order valence-electron chi connectivity index (χ2n) is 3.14. The molecule has 0 aliphatic carbocycles. The summed E-state index contributed by atoms with van der Waals surface area (Å²) in [7, 11) is 1.35. The predicted octanol–water partition coefficient (Wildman–Crippen LogP) is 2.22. The zero-order valence-electron chi connectivity index (χ0n) is 9.70. The second kappa shape index (κ2) is 7.34. The first-order valence-corrected chi connectivity index (χ1v) is 6.49. The van der Waals surface area contributed by atoms with E-state index in [0.717, 1.165) is 13.0 Å². The van der Waals surface area contributed by atoms with Crippen molar-refractivity contribution < 1.29 is 9.53 Å². The monoisotopic (exact) mass is 275 g/mol. The zero-order chi connectivity index (χ0) is 12.7. The molecule has 94 valence electrons. The molecule has 1 rings (SSSR count). The molecule has 5 nitrogen and oxygen atoms in total. The van der Waals surface area contributed by atoms with E-state index in [9.17, 15) is 4.79 Å². The maximum Gasteiger partial charge on any atom is 0.316 e. The number of carbonyl (C=O) groups excluding carboxylic acids is 1. The molecule has 1 N–H and O–H groups in total. The number of rotatable bonds is 6. The molecule has 0 atom stereocenters. The molecular formula is C10H14ClN3O2S. The van der Waals surface area contributed by atoms with Gasteiger partial charge in [-0.15, -0.1) is 0 Å². The summed E-state index contributed by atoms with van der Waals surface area (Å²) in [5.41, 5.74) is 0. The average molecular weight is 276 g/mol. The van der Waals surface area contributed by atoms with Crippen molar-refractivity contribution in [2.24, 2.45) is 0 Å². The average Bonchev–Trinajstić information content (AvgIpc) is 2.35. The van der Waals surface area contributed by atoms with E-state index in [0.29, 0.717) is 16.0 Å². The molecule has 0 aliphatic heterocycles. The summed E-state index contributed by atoms with van der Waals surface area (Å²) in [6, 6.07) is 0. The van der Waals surface area contributed by atoms with E-state index in [2.05, 4.69) is 26.9 Å². The van der Waals surface area contributed by atoms with Gasteiger partial charge in [-0.2, -0.15) is 0 Å². The minimum atomic E-state index is -0.312. The highest BCUT2D eigenvalue weighted by Crippen LogP contribution is 2.25. The van der Waals surface area contributed by atoms with Crippen LogP contribution in [0.1, 0.15) is 13.3 Å². The van der Waals surface area contributed by atoms with Crippen LogP contribution in [0.15, 0.2) is 11.2 Å². The maximum absolute atomic E-state index is 11.0. The second-order valence-corrected chi connectivity index (χ2v) is 4.51. The lowest BCUT2D eigenvalue weighted by Gasteiger charge is -2.06. The summed E-state index contributed by atoms with van der Waals surface area (Å²) in [5, 5.41) is 4.06. The zero-order valence-corrected chi connectivity index (χ0v) is 11.3. The van der Waals surface area contributed by atoms with E-state index < -0.39 is 0 Å². The van der Waals surface area contributed by atoms with Gasteiger partial charge >= 0.3 is 5.97 Å². The number of hydrogen-bond donors (Lipinski definition) is 1. The standard InChI is InChI=1S/C10H14ClN3O2S/c1-3-4-12-10-13-5-7(11)9(14-10)17-6-8(15)16-2/h5H,3-4,6H2,1-2H3,(H,12,13,14). The molecule has 0 saturated carbocycles. The topological polar surface area (TPSA) is 64.1 Å². The molecule has 1 heterocycles. The number of thioether (sulfide) groups is 1. The van der Waals surface area contributed by atoms with E-state index in [4.69, 9.17) is 11.6 Å². The Bertz CT molecular complexity index is 390. The van der Waals surface area contributed by atoms with Gasteiger partial charge in [-0.3, -0.25) is 4.79 Å². The summed E-state index contributed by atoms with van der Waals surface area (Å²) in [5.74, 6) is 0.386. The largest absolute Gasteiger partial charge is 0.468 e. The third kappa shape index (κ3) is 4.79. The van der Waals surface area contributed by atoms with E-state index in [-0.39, 0.29) is 11.7 Å². The first-order valence-electron chi connectivity index (χ1n) is 5.13. The van der Waals surface area contributed by atoms with Gasteiger partial charge in [0.2, 0.25) is 5.95 Å². The number of halogens is 1. The van der Waals surface area contributed by atoms with Crippen LogP contribution in [0.2, 0.25) is 5.02 Å². The van der Waals surface area contributed by atoms with Gasteiger partial charge in [0.25, 0.3) is 0 Å². The van der Waals surface area contributed by atoms with Crippen LogP contribution in [0.3, 0.4) is 0 Å². The maximum atomic E-state index is 11.0. The number of nitrogens with zero attached hydrogens (tertiary/aromatic N) is 2. The molecule has 0 aliphatic rings. The third-order valence-corrected chi connectivity index (χ3v) is 3.15. The molecule has 0 radical (unpaired) electrons. The number of methoxy groups -OCH3 is 1. The molecule has 1 aromatic rings. The highest BCUT2D eigenvalue weighted by molar-refractivity contribution is 8.00. The van der Waals surface area contributed by atoms with Gasteiger partial charge in [-0.1, -0.05) is 30.3 Å². The Kier molecular flexibility index (Phi) is 6.07. The number of esters is 1. The number of anilines is 1. The first-order chi connectivity index (χ1) is 8.17. The van der Waals surface area contributed by atoms with Crippen molar-refractivity contribution in [1.29, 1.82) is 0 Å². The van der Waals surface area contributed by atoms with Crippen molar-refractivity contribution in [1.82, 2.24) is 9.97 Å². The predicted molar refractivity (Wildman–Crippen MR) is 68.6 cm³/mol. The number of ether oxygens (including phenoxy) is 1. The van der Waals surface area contributed by atoms with Crippen LogP contribution in [0, 0.1) is 0 Å². The van der Waals surface area contributed by atoms with Gasteiger partial charge in [0, 0.05) is 6.54 Å². The van der Waals surface area contributed by atoms with Crippen LogP contribution in [0.25, 0.3) is 0 Å². The number of carbonyl (C=O) groups is 1.